The van der Waals surface area contributed by atoms with E-state index in [0.717, 1.165) is 0 Å². The molecule has 1 heterocycles. The van der Waals surface area contributed by atoms with E-state index in [-0.39, 0.29) is 18.4 Å². The molecule has 0 aromatic heterocycles. The fourth-order valence-corrected chi connectivity index (χ4v) is 1.07. The summed E-state index contributed by atoms with van der Waals surface area (Å²) < 4.78 is 9.39. The molecule has 0 unspecified atom stereocenters. The molecule has 1 aliphatic heterocycles. The van der Waals surface area contributed by atoms with E-state index in [2.05, 4.69) is 4.74 Å². The molecular weight excluding hydrogens is 172 g/mol. The maximum absolute atomic E-state index is 10.9. The van der Waals surface area contributed by atoms with Crippen molar-refractivity contribution in [1.82, 2.24) is 0 Å². The molecule has 0 aliphatic carbocycles. The van der Waals surface area contributed by atoms with Crippen LogP contribution in [-0.4, -0.2) is 25.2 Å². The van der Waals surface area contributed by atoms with Crippen LogP contribution < -0.4 is 0 Å². The normalized spacial score (nSPS) is 15.2. The SMILES string of the molecule is CCOC(=O)CCC1=CCOC1=O. The van der Waals surface area contributed by atoms with Gasteiger partial charge in [-0.1, -0.05) is 0 Å². The van der Waals surface area contributed by atoms with Crippen molar-refractivity contribution in [3.63, 3.8) is 0 Å². The maximum atomic E-state index is 10.9. The van der Waals surface area contributed by atoms with Crippen LogP contribution in [0.1, 0.15) is 19.8 Å². The van der Waals surface area contributed by atoms with Gasteiger partial charge < -0.3 is 9.47 Å². The maximum Gasteiger partial charge on any atom is 0.334 e. The van der Waals surface area contributed by atoms with Gasteiger partial charge in [0.15, 0.2) is 0 Å². The van der Waals surface area contributed by atoms with Gasteiger partial charge in [-0.05, 0) is 19.4 Å². The van der Waals surface area contributed by atoms with Crippen molar-refractivity contribution in [2.75, 3.05) is 13.2 Å². The molecule has 4 nitrogen and oxygen atoms in total. The van der Waals surface area contributed by atoms with Crippen molar-refractivity contribution in [3.05, 3.63) is 11.6 Å². The Kier molecular flexibility index (Phi) is 3.49. The van der Waals surface area contributed by atoms with Gasteiger partial charge in [-0.2, -0.15) is 0 Å². The summed E-state index contributed by atoms with van der Waals surface area (Å²) >= 11 is 0. The summed E-state index contributed by atoms with van der Waals surface area (Å²) in [6, 6.07) is 0. The monoisotopic (exact) mass is 184 g/mol. The minimum absolute atomic E-state index is 0.245. The fraction of sp³-hybridized carbons (Fsp3) is 0.556. The molecule has 0 saturated carbocycles. The Bertz CT molecular complexity index is 242. The zero-order valence-corrected chi connectivity index (χ0v) is 7.54. The van der Waals surface area contributed by atoms with E-state index in [4.69, 9.17) is 4.74 Å². The molecule has 0 N–H and O–H groups in total. The van der Waals surface area contributed by atoms with Crippen LogP contribution in [0.4, 0.5) is 0 Å². The van der Waals surface area contributed by atoms with Crippen molar-refractivity contribution in [1.29, 1.82) is 0 Å². The number of cyclic esters (lactones) is 1. The highest BCUT2D eigenvalue weighted by molar-refractivity contribution is 5.91. The first kappa shape index (κ1) is 9.77. The van der Waals surface area contributed by atoms with Crippen LogP contribution in [0.5, 0.6) is 0 Å². The number of carbonyl (C=O) groups excluding carboxylic acids is 2. The average molecular weight is 184 g/mol. The van der Waals surface area contributed by atoms with Gasteiger partial charge in [0, 0.05) is 12.0 Å². The third kappa shape index (κ3) is 2.89. The summed E-state index contributed by atoms with van der Waals surface area (Å²) in [5, 5.41) is 0. The molecule has 1 aliphatic rings. The number of hydrogen-bond acceptors (Lipinski definition) is 4. The minimum Gasteiger partial charge on any atom is -0.466 e. The molecule has 0 fully saturated rings. The summed E-state index contributed by atoms with van der Waals surface area (Å²) in [7, 11) is 0. The van der Waals surface area contributed by atoms with Gasteiger partial charge in [0.2, 0.25) is 0 Å². The zero-order valence-electron chi connectivity index (χ0n) is 7.54. The summed E-state index contributed by atoms with van der Waals surface area (Å²) in [5.41, 5.74) is 0.577. The zero-order chi connectivity index (χ0) is 9.68. The fourth-order valence-electron chi connectivity index (χ4n) is 1.07. The van der Waals surface area contributed by atoms with E-state index in [1.807, 2.05) is 0 Å². The van der Waals surface area contributed by atoms with E-state index < -0.39 is 0 Å². The summed E-state index contributed by atoms with van der Waals surface area (Å²) in [6.07, 6.45) is 2.36. The Morgan fingerprint density at radius 3 is 3.00 bits per heavy atom. The van der Waals surface area contributed by atoms with Crippen molar-refractivity contribution in [2.24, 2.45) is 0 Å². The highest BCUT2D eigenvalue weighted by Gasteiger charge is 2.17. The summed E-state index contributed by atoms with van der Waals surface area (Å²) in [6.45, 7) is 2.46. The summed E-state index contributed by atoms with van der Waals surface area (Å²) in [5.74, 6) is -0.590. The molecule has 0 aromatic rings. The minimum atomic E-state index is -0.315. The topological polar surface area (TPSA) is 52.6 Å². The number of hydrogen-bond donors (Lipinski definition) is 0. The quantitative estimate of drug-likeness (QED) is 0.607. The molecule has 0 amide bonds. The van der Waals surface area contributed by atoms with Gasteiger partial charge in [0.05, 0.1) is 6.61 Å². The van der Waals surface area contributed by atoms with Crippen LogP contribution in [0.2, 0.25) is 0 Å². The molecule has 0 radical (unpaired) electrons. The number of rotatable bonds is 4. The lowest BCUT2D eigenvalue weighted by Crippen LogP contribution is -2.06. The van der Waals surface area contributed by atoms with Crippen LogP contribution in [0.25, 0.3) is 0 Å². The third-order valence-corrected chi connectivity index (χ3v) is 1.71. The highest BCUT2D eigenvalue weighted by atomic mass is 16.5. The molecule has 0 bridgehead atoms. The Labute approximate surface area is 76.5 Å². The van der Waals surface area contributed by atoms with Gasteiger partial charge in [0.25, 0.3) is 0 Å². The van der Waals surface area contributed by atoms with Crippen molar-refractivity contribution >= 4 is 11.9 Å². The van der Waals surface area contributed by atoms with Crippen LogP contribution in [0, 0.1) is 0 Å². The average Bonchev–Trinajstić information content (AvgIpc) is 2.48. The second kappa shape index (κ2) is 4.64. The van der Waals surface area contributed by atoms with Gasteiger partial charge in [-0.15, -0.1) is 0 Å². The molecule has 1 rings (SSSR count). The Balaban J connectivity index is 2.26. The third-order valence-electron chi connectivity index (χ3n) is 1.71. The van der Waals surface area contributed by atoms with Crippen LogP contribution in [0.3, 0.4) is 0 Å². The molecule has 0 aromatic carbocycles. The number of carbonyl (C=O) groups is 2. The van der Waals surface area contributed by atoms with Gasteiger partial charge >= 0.3 is 11.9 Å². The first-order valence-corrected chi connectivity index (χ1v) is 4.25. The van der Waals surface area contributed by atoms with Gasteiger partial charge in [0.1, 0.15) is 6.61 Å². The largest absolute Gasteiger partial charge is 0.466 e. The second-order valence-corrected chi connectivity index (χ2v) is 2.63. The molecule has 72 valence electrons. The van der Waals surface area contributed by atoms with Crippen LogP contribution in [-0.2, 0) is 19.1 Å². The second-order valence-electron chi connectivity index (χ2n) is 2.63. The van der Waals surface area contributed by atoms with Crippen molar-refractivity contribution < 1.29 is 19.1 Å². The van der Waals surface area contributed by atoms with E-state index in [1.54, 1.807) is 13.0 Å². The van der Waals surface area contributed by atoms with Crippen molar-refractivity contribution in [2.45, 2.75) is 19.8 Å². The molecule has 0 spiro atoms. The Morgan fingerprint density at radius 2 is 2.46 bits per heavy atom. The van der Waals surface area contributed by atoms with Crippen LogP contribution >= 0.6 is 0 Å². The Hall–Kier alpha value is -1.32. The number of ether oxygens (including phenoxy) is 2. The van der Waals surface area contributed by atoms with E-state index in [1.165, 1.54) is 0 Å². The molecule has 0 atom stereocenters. The van der Waals surface area contributed by atoms with Crippen LogP contribution in [0.15, 0.2) is 11.6 Å². The first-order chi connectivity index (χ1) is 6.24. The molecule has 0 saturated heterocycles. The predicted molar refractivity (Wildman–Crippen MR) is 44.9 cm³/mol. The molecule has 4 heteroatoms. The standard InChI is InChI=1S/C9H12O4/c1-2-12-8(10)4-3-7-5-6-13-9(7)11/h5H,2-4,6H2,1H3. The summed E-state index contributed by atoms with van der Waals surface area (Å²) in [4.78, 5) is 21.8. The lowest BCUT2D eigenvalue weighted by molar-refractivity contribution is -0.143. The molecule has 13 heavy (non-hydrogen) atoms. The number of esters is 2. The lowest BCUT2D eigenvalue weighted by Gasteiger charge is -2.00. The first-order valence-electron chi connectivity index (χ1n) is 4.25. The van der Waals surface area contributed by atoms with E-state index in [0.29, 0.717) is 25.2 Å². The van der Waals surface area contributed by atoms with Gasteiger partial charge in [-0.25, -0.2) is 4.79 Å². The smallest absolute Gasteiger partial charge is 0.334 e. The predicted octanol–water partition coefficient (Wildman–Crippen LogP) is 0.813. The Morgan fingerprint density at radius 1 is 1.69 bits per heavy atom. The van der Waals surface area contributed by atoms with E-state index in [9.17, 15) is 9.59 Å². The molecular formula is C9H12O4. The lowest BCUT2D eigenvalue weighted by atomic mass is 10.1. The van der Waals surface area contributed by atoms with Gasteiger partial charge in [-0.3, -0.25) is 4.79 Å². The highest BCUT2D eigenvalue weighted by Crippen LogP contribution is 2.13. The van der Waals surface area contributed by atoms with Crippen molar-refractivity contribution in [3.8, 4) is 0 Å². The van der Waals surface area contributed by atoms with E-state index >= 15 is 0 Å².